The number of piperidine rings is 1. The summed E-state index contributed by atoms with van der Waals surface area (Å²) in [6, 6.07) is 12.7. The fourth-order valence-electron chi connectivity index (χ4n) is 4.15. The number of rotatable bonds is 4. The molecule has 1 saturated heterocycles. The Labute approximate surface area is 157 Å². The van der Waals surface area contributed by atoms with Crippen LogP contribution in [0.4, 0.5) is 5.82 Å². The van der Waals surface area contributed by atoms with Crippen molar-refractivity contribution in [2.24, 2.45) is 0 Å². The maximum atomic E-state index is 4.58. The van der Waals surface area contributed by atoms with Gasteiger partial charge in [0.1, 0.15) is 17.8 Å². The molecule has 6 heteroatoms. The zero-order chi connectivity index (χ0) is 18.1. The van der Waals surface area contributed by atoms with Crippen molar-refractivity contribution < 1.29 is 0 Å². The van der Waals surface area contributed by atoms with Crippen LogP contribution < -0.4 is 4.90 Å². The Morgan fingerprint density at radius 3 is 2.96 bits per heavy atom. The number of nitrogens with one attached hydrogen (secondary N) is 2. The highest BCUT2D eigenvalue weighted by atomic mass is 15.2. The molecule has 0 saturated carbocycles. The number of aromatic amines is 2. The molecule has 2 N–H and O–H groups in total. The Morgan fingerprint density at radius 1 is 1.11 bits per heavy atom. The summed E-state index contributed by atoms with van der Waals surface area (Å²) in [7, 11) is 0. The first-order valence-corrected chi connectivity index (χ1v) is 9.47. The highest BCUT2D eigenvalue weighted by Crippen LogP contribution is 2.32. The number of aromatic nitrogens is 5. The first kappa shape index (κ1) is 16.1. The molecule has 4 aromatic rings. The molecule has 0 radical (unpaired) electrons. The fraction of sp³-hybridized carbons (Fsp3) is 0.286. The van der Waals surface area contributed by atoms with Gasteiger partial charge in [0.2, 0.25) is 0 Å². The van der Waals surface area contributed by atoms with Crippen molar-refractivity contribution in [1.82, 2.24) is 25.1 Å². The first-order chi connectivity index (χ1) is 13.4. The lowest BCUT2D eigenvalue weighted by atomic mass is 9.90. The van der Waals surface area contributed by atoms with Gasteiger partial charge in [0.05, 0.1) is 11.6 Å². The Kier molecular flexibility index (Phi) is 4.08. The third kappa shape index (κ3) is 3.07. The Balaban J connectivity index is 1.41. The van der Waals surface area contributed by atoms with Gasteiger partial charge in [0.15, 0.2) is 0 Å². The van der Waals surface area contributed by atoms with Gasteiger partial charge in [-0.05, 0) is 30.0 Å². The predicted molar refractivity (Wildman–Crippen MR) is 106 cm³/mol. The number of anilines is 1. The highest BCUT2D eigenvalue weighted by molar-refractivity contribution is 5.87. The van der Waals surface area contributed by atoms with Crippen LogP contribution in [-0.4, -0.2) is 38.2 Å². The molecule has 0 aliphatic carbocycles. The molecule has 3 aromatic heterocycles. The van der Waals surface area contributed by atoms with E-state index in [1.807, 2.05) is 12.4 Å². The maximum Gasteiger partial charge on any atom is 0.142 e. The molecule has 1 aliphatic heterocycles. The number of fused-ring (bicyclic) bond motifs is 1. The van der Waals surface area contributed by atoms with Gasteiger partial charge in [-0.3, -0.25) is 5.10 Å². The minimum atomic E-state index is 0.434. The van der Waals surface area contributed by atoms with Crippen molar-refractivity contribution in [3.63, 3.8) is 0 Å². The summed E-state index contributed by atoms with van der Waals surface area (Å²) in [6.07, 6.45) is 8.78. The Hall–Kier alpha value is -3.15. The lowest BCUT2D eigenvalue weighted by Crippen LogP contribution is -2.35. The van der Waals surface area contributed by atoms with Crippen molar-refractivity contribution >= 4 is 16.9 Å². The van der Waals surface area contributed by atoms with Gasteiger partial charge in [-0.2, -0.15) is 5.10 Å². The summed E-state index contributed by atoms with van der Waals surface area (Å²) < 4.78 is 0. The van der Waals surface area contributed by atoms with E-state index in [0.717, 1.165) is 42.8 Å². The van der Waals surface area contributed by atoms with Crippen molar-refractivity contribution in [3.8, 4) is 0 Å². The van der Waals surface area contributed by atoms with Gasteiger partial charge in [-0.25, -0.2) is 9.97 Å². The molecular weight excluding hydrogens is 336 g/mol. The topological polar surface area (TPSA) is 73.5 Å². The number of hydrogen-bond donors (Lipinski definition) is 2. The Bertz CT molecular complexity index is 1030. The van der Waals surface area contributed by atoms with Gasteiger partial charge < -0.3 is 9.88 Å². The maximum absolute atomic E-state index is 4.58. The van der Waals surface area contributed by atoms with Crippen LogP contribution in [0, 0.1) is 0 Å². The molecule has 27 heavy (non-hydrogen) atoms. The highest BCUT2D eigenvalue weighted by Gasteiger charge is 2.26. The molecule has 4 heterocycles. The van der Waals surface area contributed by atoms with Crippen molar-refractivity contribution in [2.75, 3.05) is 18.0 Å². The van der Waals surface area contributed by atoms with E-state index in [0.29, 0.717) is 5.92 Å². The van der Waals surface area contributed by atoms with Crippen molar-refractivity contribution in [1.29, 1.82) is 0 Å². The van der Waals surface area contributed by atoms with Crippen molar-refractivity contribution in [3.05, 3.63) is 71.9 Å². The second-order valence-corrected chi connectivity index (χ2v) is 7.19. The number of hydrogen-bond acceptors (Lipinski definition) is 4. The number of benzene rings is 1. The molecule has 0 amide bonds. The minimum absolute atomic E-state index is 0.434. The molecule has 1 unspecified atom stereocenters. The van der Waals surface area contributed by atoms with Crippen LogP contribution in [0.5, 0.6) is 0 Å². The summed E-state index contributed by atoms with van der Waals surface area (Å²) in [6.45, 7) is 1.97. The Morgan fingerprint density at radius 2 is 2.04 bits per heavy atom. The smallest absolute Gasteiger partial charge is 0.142 e. The standard InChI is InChI=1S/C21H22N6/c1-2-5-15(6-3-1)11-17-12-25-26-19(17)16-7-4-10-27(13-16)21-18-8-9-22-20(18)23-14-24-21/h1-3,5-6,8-9,12,14,16H,4,7,10-11,13H2,(H,25,26)(H,22,23,24). The van der Waals surface area contributed by atoms with E-state index < -0.39 is 0 Å². The molecule has 136 valence electrons. The van der Waals surface area contributed by atoms with Gasteiger partial charge >= 0.3 is 0 Å². The molecule has 0 bridgehead atoms. The zero-order valence-corrected chi connectivity index (χ0v) is 15.1. The third-order valence-corrected chi connectivity index (χ3v) is 5.45. The summed E-state index contributed by atoms with van der Waals surface area (Å²) >= 11 is 0. The van der Waals surface area contributed by atoms with Crippen molar-refractivity contribution in [2.45, 2.75) is 25.2 Å². The second kappa shape index (κ2) is 6.87. The molecule has 1 atom stereocenters. The van der Waals surface area contributed by atoms with Crippen LogP contribution in [-0.2, 0) is 6.42 Å². The minimum Gasteiger partial charge on any atom is -0.355 e. The summed E-state index contributed by atoms with van der Waals surface area (Å²) in [5.74, 6) is 1.46. The third-order valence-electron chi connectivity index (χ3n) is 5.45. The molecule has 0 spiro atoms. The van der Waals surface area contributed by atoms with E-state index in [1.54, 1.807) is 6.33 Å². The summed E-state index contributed by atoms with van der Waals surface area (Å²) in [5.41, 5.74) is 4.77. The van der Waals surface area contributed by atoms with E-state index in [-0.39, 0.29) is 0 Å². The number of nitrogens with zero attached hydrogens (tertiary/aromatic N) is 4. The van der Waals surface area contributed by atoms with Gasteiger partial charge in [0, 0.05) is 37.3 Å². The van der Waals surface area contributed by atoms with Crippen LogP contribution in [0.2, 0.25) is 0 Å². The lowest BCUT2D eigenvalue weighted by molar-refractivity contribution is 0.496. The van der Waals surface area contributed by atoms with Crippen LogP contribution in [0.25, 0.3) is 11.0 Å². The van der Waals surface area contributed by atoms with E-state index in [4.69, 9.17) is 0 Å². The SMILES string of the molecule is c1ccc(Cc2cn[nH]c2C2CCCN(c3ncnc4[nH]ccc34)C2)cc1. The van der Waals surface area contributed by atoms with Gasteiger partial charge in [-0.1, -0.05) is 30.3 Å². The first-order valence-electron chi connectivity index (χ1n) is 9.47. The normalized spacial score (nSPS) is 17.5. The number of H-pyrrole nitrogens is 2. The largest absolute Gasteiger partial charge is 0.355 e. The molecule has 1 fully saturated rings. The average Bonchev–Trinajstić information content (AvgIpc) is 3.38. The molecule has 5 rings (SSSR count). The average molecular weight is 358 g/mol. The summed E-state index contributed by atoms with van der Waals surface area (Å²) in [5, 5.41) is 8.73. The fourth-order valence-corrected chi connectivity index (χ4v) is 4.15. The molecular formula is C21H22N6. The lowest BCUT2D eigenvalue weighted by Gasteiger charge is -2.33. The van der Waals surface area contributed by atoms with Gasteiger partial charge in [-0.15, -0.1) is 0 Å². The molecule has 1 aliphatic rings. The second-order valence-electron chi connectivity index (χ2n) is 7.19. The monoisotopic (exact) mass is 358 g/mol. The zero-order valence-electron chi connectivity index (χ0n) is 15.1. The quantitative estimate of drug-likeness (QED) is 0.584. The van der Waals surface area contributed by atoms with Crippen LogP contribution in [0.3, 0.4) is 0 Å². The van der Waals surface area contributed by atoms with E-state index in [2.05, 4.69) is 66.4 Å². The van der Waals surface area contributed by atoms with E-state index >= 15 is 0 Å². The van der Waals surface area contributed by atoms with Crippen LogP contribution >= 0.6 is 0 Å². The van der Waals surface area contributed by atoms with E-state index in [9.17, 15) is 0 Å². The predicted octanol–water partition coefficient (Wildman–Crippen LogP) is 3.66. The van der Waals surface area contributed by atoms with E-state index in [1.165, 1.54) is 23.2 Å². The van der Waals surface area contributed by atoms with Gasteiger partial charge in [0.25, 0.3) is 0 Å². The molecule has 6 nitrogen and oxygen atoms in total. The van der Waals surface area contributed by atoms with Crippen LogP contribution in [0.15, 0.2) is 55.1 Å². The van der Waals surface area contributed by atoms with Crippen LogP contribution in [0.1, 0.15) is 35.6 Å². The summed E-state index contributed by atoms with van der Waals surface area (Å²) in [4.78, 5) is 14.5. The molecule has 1 aromatic carbocycles.